The van der Waals surface area contributed by atoms with Crippen molar-refractivity contribution in [1.29, 1.82) is 0 Å². The van der Waals surface area contributed by atoms with Crippen molar-refractivity contribution in [3.8, 4) is 0 Å². The third-order valence-electron chi connectivity index (χ3n) is 2.18. The fourth-order valence-electron chi connectivity index (χ4n) is 1.25. The molecule has 0 aromatic carbocycles. The summed E-state index contributed by atoms with van der Waals surface area (Å²) in [5.41, 5.74) is 3.32. The maximum atomic E-state index is 11.1. The van der Waals surface area contributed by atoms with Gasteiger partial charge in [-0.3, -0.25) is 4.57 Å². The SMILES string of the molecule is Cn1c(SCc2ccnc(NN)c2)n[nH]c1=O. The number of H-pyrrole nitrogens is 1. The molecule has 8 heteroatoms. The molecule has 4 N–H and O–H groups in total. The number of nitrogens with two attached hydrogens (primary N) is 1. The van der Waals surface area contributed by atoms with Crippen LogP contribution in [0.3, 0.4) is 0 Å². The van der Waals surface area contributed by atoms with Crippen LogP contribution in [-0.4, -0.2) is 19.7 Å². The van der Waals surface area contributed by atoms with Gasteiger partial charge in [0, 0.05) is 19.0 Å². The standard InChI is InChI=1S/C9H12N6OS/c1-15-8(16)13-14-9(15)17-5-6-2-3-11-7(4-6)12-10/h2-4H,5,10H2,1H3,(H,11,12)(H,13,16). The zero-order valence-corrected chi connectivity index (χ0v) is 9.99. The summed E-state index contributed by atoms with van der Waals surface area (Å²) < 4.78 is 1.47. The van der Waals surface area contributed by atoms with Gasteiger partial charge in [0.25, 0.3) is 0 Å². The van der Waals surface area contributed by atoms with Crippen LogP contribution in [0.15, 0.2) is 28.3 Å². The van der Waals surface area contributed by atoms with Crippen LogP contribution in [0.1, 0.15) is 5.56 Å². The number of nitrogens with zero attached hydrogens (tertiary/aromatic N) is 3. The molecular weight excluding hydrogens is 240 g/mol. The van der Waals surface area contributed by atoms with Crippen LogP contribution < -0.4 is 17.0 Å². The highest BCUT2D eigenvalue weighted by atomic mass is 32.2. The van der Waals surface area contributed by atoms with Crippen molar-refractivity contribution >= 4 is 17.6 Å². The van der Waals surface area contributed by atoms with E-state index in [2.05, 4.69) is 20.6 Å². The maximum absolute atomic E-state index is 11.1. The zero-order chi connectivity index (χ0) is 12.3. The highest BCUT2D eigenvalue weighted by molar-refractivity contribution is 7.98. The third-order valence-corrected chi connectivity index (χ3v) is 3.28. The Kier molecular flexibility index (Phi) is 3.45. The number of aromatic nitrogens is 4. The van der Waals surface area contributed by atoms with Crippen molar-refractivity contribution in [2.24, 2.45) is 12.9 Å². The first-order valence-corrected chi connectivity index (χ1v) is 5.85. The number of hydrogen-bond acceptors (Lipinski definition) is 6. The van der Waals surface area contributed by atoms with Crippen LogP contribution in [0, 0.1) is 0 Å². The van der Waals surface area contributed by atoms with Gasteiger partial charge in [0.05, 0.1) is 0 Å². The van der Waals surface area contributed by atoms with E-state index in [1.165, 1.54) is 16.3 Å². The first-order valence-electron chi connectivity index (χ1n) is 4.86. The van der Waals surface area contributed by atoms with Gasteiger partial charge in [-0.1, -0.05) is 11.8 Å². The van der Waals surface area contributed by atoms with E-state index >= 15 is 0 Å². The largest absolute Gasteiger partial charge is 0.343 e. The van der Waals surface area contributed by atoms with Crippen molar-refractivity contribution in [2.45, 2.75) is 10.9 Å². The van der Waals surface area contributed by atoms with Gasteiger partial charge in [0.1, 0.15) is 5.82 Å². The summed E-state index contributed by atoms with van der Waals surface area (Å²) in [6.07, 6.45) is 1.68. The summed E-state index contributed by atoms with van der Waals surface area (Å²) in [6.45, 7) is 0. The summed E-state index contributed by atoms with van der Waals surface area (Å²) in [4.78, 5) is 15.2. The fourth-order valence-corrected chi connectivity index (χ4v) is 2.11. The number of hydrazine groups is 1. The lowest BCUT2D eigenvalue weighted by atomic mass is 10.3. The van der Waals surface area contributed by atoms with Crippen molar-refractivity contribution in [2.75, 3.05) is 5.43 Å². The Hall–Kier alpha value is -1.80. The number of nitrogens with one attached hydrogen (secondary N) is 2. The van der Waals surface area contributed by atoms with Crippen molar-refractivity contribution < 1.29 is 0 Å². The second-order valence-corrected chi connectivity index (χ2v) is 4.30. The van der Waals surface area contributed by atoms with Crippen molar-refractivity contribution in [3.63, 3.8) is 0 Å². The minimum Gasteiger partial charge on any atom is -0.308 e. The van der Waals surface area contributed by atoms with E-state index < -0.39 is 0 Å². The Morgan fingerprint density at radius 2 is 2.47 bits per heavy atom. The minimum atomic E-state index is -0.216. The van der Waals surface area contributed by atoms with E-state index in [4.69, 9.17) is 5.84 Å². The average Bonchev–Trinajstić information content (AvgIpc) is 2.68. The van der Waals surface area contributed by atoms with Crippen LogP contribution in [-0.2, 0) is 12.8 Å². The fraction of sp³-hybridized carbons (Fsp3) is 0.222. The highest BCUT2D eigenvalue weighted by Crippen LogP contribution is 2.19. The van der Waals surface area contributed by atoms with Crippen LogP contribution in [0.25, 0.3) is 0 Å². The van der Waals surface area contributed by atoms with E-state index in [1.54, 1.807) is 13.2 Å². The second kappa shape index (κ2) is 5.02. The number of aromatic amines is 1. The highest BCUT2D eigenvalue weighted by Gasteiger charge is 2.05. The number of nitrogen functional groups attached to an aromatic ring is 1. The van der Waals surface area contributed by atoms with Gasteiger partial charge in [-0.15, -0.1) is 5.10 Å². The molecule has 0 atom stereocenters. The Bertz CT molecular complexity index is 563. The van der Waals surface area contributed by atoms with Gasteiger partial charge in [-0.2, -0.15) is 0 Å². The summed E-state index contributed by atoms with van der Waals surface area (Å²) in [7, 11) is 1.67. The monoisotopic (exact) mass is 252 g/mol. The molecule has 2 aromatic rings. The van der Waals surface area contributed by atoms with Gasteiger partial charge >= 0.3 is 5.69 Å². The smallest absolute Gasteiger partial charge is 0.308 e. The second-order valence-electron chi connectivity index (χ2n) is 3.35. The van der Waals surface area contributed by atoms with Crippen LogP contribution >= 0.6 is 11.8 Å². The molecule has 0 amide bonds. The predicted octanol–water partition coefficient (Wildman–Crippen LogP) is 0.0813. The molecule has 2 rings (SSSR count). The quantitative estimate of drug-likeness (QED) is 0.405. The summed E-state index contributed by atoms with van der Waals surface area (Å²) >= 11 is 1.46. The van der Waals surface area contributed by atoms with Gasteiger partial charge in [0.15, 0.2) is 5.16 Å². The van der Waals surface area contributed by atoms with Crippen LogP contribution in [0.4, 0.5) is 5.82 Å². The molecule has 0 saturated carbocycles. The molecule has 0 spiro atoms. The average molecular weight is 252 g/mol. The first kappa shape index (κ1) is 11.7. The molecular formula is C9H12N6OS. The molecule has 0 fully saturated rings. The van der Waals surface area contributed by atoms with Crippen LogP contribution in [0.5, 0.6) is 0 Å². The number of hydrogen-bond donors (Lipinski definition) is 3. The zero-order valence-electron chi connectivity index (χ0n) is 9.17. The molecule has 0 aliphatic heterocycles. The number of pyridine rings is 1. The molecule has 17 heavy (non-hydrogen) atoms. The lowest BCUT2D eigenvalue weighted by Crippen LogP contribution is -2.12. The summed E-state index contributed by atoms with van der Waals surface area (Å²) in [5.74, 6) is 6.57. The Labute approximate surface area is 101 Å². The van der Waals surface area contributed by atoms with Crippen molar-refractivity contribution in [1.82, 2.24) is 19.7 Å². The molecule has 2 aromatic heterocycles. The van der Waals surface area contributed by atoms with Crippen molar-refractivity contribution in [3.05, 3.63) is 34.4 Å². The van der Waals surface area contributed by atoms with E-state index in [9.17, 15) is 4.79 Å². The molecule has 0 saturated heterocycles. The molecule has 90 valence electrons. The van der Waals surface area contributed by atoms with E-state index in [1.807, 2.05) is 12.1 Å². The minimum absolute atomic E-state index is 0.216. The van der Waals surface area contributed by atoms with Gasteiger partial charge in [0.2, 0.25) is 0 Å². The lowest BCUT2D eigenvalue weighted by molar-refractivity contribution is 0.766. The van der Waals surface area contributed by atoms with E-state index in [0.717, 1.165) is 5.56 Å². The van der Waals surface area contributed by atoms with Gasteiger partial charge < -0.3 is 5.43 Å². The van der Waals surface area contributed by atoms with Gasteiger partial charge in [-0.25, -0.2) is 20.7 Å². The first-order chi connectivity index (χ1) is 8.20. The molecule has 2 heterocycles. The number of rotatable bonds is 4. The van der Waals surface area contributed by atoms with E-state index in [-0.39, 0.29) is 5.69 Å². The Balaban J connectivity index is 2.07. The normalized spacial score (nSPS) is 10.5. The predicted molar refractivity (Wildman–Crippen MR) is 65.4 cm³/mol. The number of thioether (sulfide) groups is 1. The van der Waals surface area contributed by atoms with Crippen LogP contribution in [0.2, 0.25) is 0 Å². The number of anilines is 1. The molecule has 0 aliphatic carbocycles. The molecule has 0 unspecified atom stereocenters. The van der Waals surface area contributed by atoms with E-state index in [0.29, 0.717) is 16.7 Å². The summed E-state index contributed by atoms with van der Waals surface area (Å²) in [6, 6.07) is 3.73. The lowest BCUT2D eigenvalue weighted by Gasteiger charge is -2.03. The maximum Gasteiger partial charge on any atom is 0.343 e. The summed E-state index contributed by atoms with van der Waals surface area (Å²) in [5, 5.41) is 6.94. The Morgan fingerprint density at radius 1 is 1.65 bits per heavy atom. The Morgan fingerprint density at radius 3 is 3.12 bits per heavy atom. The topological polar surface area (TPSA) is 102 Å². The third kappa shape index (κ3) is 2.66. The molecule has 0 bridgehead atoms. The molecule has 7 nitrogen and oxygen atoms in total. The van der Waals surface area contributed by atoms with Gasteiger partial charge in [-0.05, 0) is 17.7 Å². The molecule has 0 aliphatic rings. The molecule has 0 radical (unpaired) electrons.